The lowest BCUT2D eigenvalue weighted by molar-refractivity contribution is 0.667. The lowest BCUT2D eigenvalue weighted by Gasteiger charge is -2.18. The number of rotatable bonds is 4. The van der Waals surface area contributed by atoms with E-state index in [1.807, 2.05) is 12.1 Å². The van der Waals surface area contributed by atoms with E-state index in [-0.39, 0.29) is 0 Å². The molecule has 0 saturated carbocycles. The van der Waals surface area contributed by atoms with Crippen LogP contribution in [0.2, 0.25) is 0 Å². The van der Waals surface area contributed by atoms with Crippen molar-refractivity contribution in [2.45, 2.75) is 13.8 Å². The van der Waals surface area contributed by atoms with E-state index in [0.29, 0.717) is 0 Å². The molecule has 0 aliphatic rings. The average Bonchev–Trinajstić information content (AvgIpc) is 3.79. The van der Waals surface area contributed by atoms with Gasteiger partial charge in [-0.25, -0.2) is 0 Å². The molecule has 2 heteroatoms. The molecule has 2 nitrogen and oxygen atoms in total. The van der Waals surface area contributed by atoms with Gasteiger partial charge in [0.2, 0.25) is 0 Å². The van der Waals surface area contributed by atoms with Crippen molar-refractivity contribution in [3.63, 3.8) is 0 Å². The van der Waals surface area contributed by atoms with Crippen LogP contribution in [0.5, 0.6) is 0 Å². The third-order valence-electron chi connectivity index (χ3n) is 11.4. The fraction of sp³-hybridized carbons (Fsp3) is 0.0385. The molecule has 0 radical (unpaired) electrons. The number of benzene rings is 9. The summed E-state index contributed by atoms with van der Waals surface area (Å²) in [6, 6.07) is 56.6. The van der Waals surface area contributed by atoms with Crippen LogP contribution in [0.3, 0.4) is 0 Å². The zero-order valence-electron chi connectivity index (χ0n) is 30.0. The zero-order chi connectivity index (χ0) is 35.9. The van der Waals surface area contributed by atoms with Crippen molar-refractivity contribution in [1.29, 1.82) is 0 Å². The average molecular weight is 691 g/mol. The van der Waals surface area contributed by atoms with E-state index in [4.69, 9.17) is 8.83 Å². The van der Waals surface area contributed by atoms with E-state index in [9.17, 15) is 0 Å². The summed E-state index contributed by atoms with van der Waals surface area (Å²) in [5, 5.41) is 14.2. The topological polar surface area (TPSA) is 26.3 Å². The first-order valence-electron chi connectivity index (χ1n) is 18.6. The van der Waals surface area contributed by atoms with Gasteiger partial charge in [0.15, 0.2) is 0 Å². The molecule has 54 heavy (non-hydrogen) atoms. The van der Waals surface area contributed by atoms with Gasteiger partial charge in [-0.2, -0.15) is 0 Å². The normalized spacial score (nSPS) is 12.9. The maximum Gasteiger partial charge on any atom is 0.144 e. The van der Waals surface area contributed by atoms with Gasteiger partial charge in [-0.3, -0.25) is 0 Å². The Kier molecular flexibility index (Phi) is 6.72. The van der Waals surface area contributed by atoms with Gasteiger partial charge in [-0.05, 0) is 121 Å². The monoisotopic (exact) mass is 690 g/mol. The molecule has 0 bridgehead atoms. The van der Waals surface area contributed by atoms with E-state index in [1.54, 1.807) is 0 Å². The van der Waals surface area contributed by atoms with Crippen LogP contribution < -0.4 is 0 Å². The van der Waals surface area contributed by atoms with Crippen molar-refractivity contribution in [3.8, 4) is 11.1 Å². The summed E-state index contributed by atoms with van der Waals surface area (Å²) in [7, 11) is 0. The summed E-state index contributed by atoms with van der Waals surface area (Å²) in [5.74, 6) is 0. The lowest BCUT2D eigenvalue weighted by atomic mass is 9.85. The number of para-hydroxylation sites is 1. The van der Waals surface area contributed by atoms with Crippen molar-refractivity contribution < 1.29 is 8.83 Å². The summed E-state index contributed by atoms with van der Waals surface area (Å²) in [5.41, 5.74) is 10.9. The summed E-state index contributed by atoms with van der Waals surface area (Å²) in [4.78, 5) is 0. The van der Waals surface area contributed by atoms with Crippen molar-refractivity contribution >= 4 is 98.1 Å². The highest BCUT2D eigenvalue weighted by molar-refractivity contribution is 6.28. The predicted molar refractivity (Wildman–Crippen MR) is 230 cm³/mol. The standard InChI is InChI=1S/C52H34O2/c1-31(35-24-27-44-47(30-35)53-46-28-25-34-23-26-43-38-13-9-10-18-45(38)54-52(43)50(34)51(44)46)19-20-32(2)48-39-14-5-7-16-41(39)49(42-17-8-6-15-40(42)48)37-22-21-33-11-3-4-12-36(33)29-37/h3-30H,1-2H3/b31-19+,32-20+. The number of furan rings is 2. The first-order valence-corrected chi connectivity index (χ1v) is 18.6. The largest absolute Gasteiger partial charge is 0.456 e. The van der Waals surface area contributed by atoms with Crippen LogP contribution in [0.1, 0.15) is 25.0 Å². The fourth-order valence-corrected chi connectivity index (χ4v) is 8.74. The Morgan fingerprint density at radius 2 is 1.04 bits per heavy atom. The number of hydrogen-bond donors (Lipinski definition) is 0. The third-order valence-corrected chi connectivity index (χ3v) is 11.4. The Balaban J connectivity index is 1.03. The molecule has 0 aliphatic carbocycles. The Hall–Kier alpha value is -6.90. The van der Waals surface area contributed by atoms with Gasteiger partial charge < -0.3 is 8.83 Å². The SMILES string of the molecule is C/C(=C\C=C(/C)c1c2ccccc2c(-c2ccc3ccccc3c2)c2ccccc12)c1ccc2c(c1)oc1ccc3ccc4c5ccccc5oc4c3c12. The Bertz CT molecular complexity index is 3350. The molecule has 0 fully saturated rings. The second kappa shape index (κ2) is 11.8. The molecule has 0 N–H and O–H groups in total. The van der Waals surface area contributed by atoms with Crippen molar-refractivity contribution in [2.24, 2.45) is 0 Å². The molecule has 0 aliphatic heterocycles. The summed E-state index contributed by atoms with van der Waals surface area (Å²) >= 11 is 0. The van der Waals surface area contributed by atoms with Gasteiger partial charge in [-0.15, -0.1) is 0 Å². The summed E-state index contributed by atoms with van der Waals surface area (Å²) < 4.78 is 13.0. The minimum absolute atomic E-state index is 0.867. The molecule has 11 aromatic rings. The summed E-state index contributed by atoms with van der Waals surface area (Å²) in [6.45, 7) is 4.42. The Morgan fingerprint density at radius 3 is 1.83 bits per heavy atom. The van der Waals surface area contributed by atoms with Gasteiger partial charge in [0.25, 0.3) is 0 Å². The molecule has 254 valence electrons. The maximum atomic E-state index is 6.55. The van der Waals surface area contributed by atoms with Crippen LogP contribution in [-0.2, 0) is 0 Å². The molecular weight excluding hydrogens is 657 g/mol. The second-order valence-corrected chi connectivity index (χ2v) is 14.5. The molecule has 11 rings (SSSR count). The van der Waals surface area contributed by atoms with Crippen molar-refractivity contribution in [2.75, 3.05) is 0 Å². The second-order valence-electron chi connectivity index (χ2n) is 14.5. The fourth-order valence-electron chi connectivity index (χ4n) is 8.74. The highest BCUT2D eigenvalue weighted by Gasteiger charge is 2.18. The lowest BCUT2D eigenvalue weighted by Crippen LogP contribution is -1.92. The van der Waals surface area contributed by atoms with Gasteiger partial charge in [0, 0.05) is 26.9 Å². The molecule has 0 amide bonds. The van der Waals surface area contributed by atoms with Gasteiger partial charge in [-0.1, -0.05) is 133 Å². The molecule has 2 aromatic heterocycles. The number of fused-ring (bicyclic) bond motifs is 12. The molecular formula is C52H34O2. The third kappa shape index (κ3) is 4.60. The minimum atomic E-state index is 0.867. The van der Waals surface area contributed by atoms with Crippen LogP contribution in [0, 0.1) is 0 Å². The van der Waals surface area contributed by atoms with Crippen LogP contribution in [0.15, 0.2) is 179 Å². The van der Waals surface area contributed by atoms with Crippen molar-refractivity contribution in [3.05, 3.63) is 181 Å². The van der Waals surface area contributed by atoms with Gasteiger partial charge >= 0.3 is 0 Å². The molecule has 2 heterocycles. The molecule has 9 aromatic carbocycles. The van der Waals surface area contributed by atoms with E-state index >= 15 is 0 Å². The molecule has 0 saturated heterocycles. The van der Waals surface area contributed by atoms with Crippen LogP contribution in [-0.4, -0.2) is 0 Å². The van der Waals surface area contributed by atoms with Crippen LogP contribution >= 0.6 is 0 Å². The van der Waals surface area contributed by atoms with Gasteiger partial charge in [0.05, 0.1) is 0 Å². The first-order chi connectivity index (χ1) is 26.6. The highest BCUT2D eigenvalue weighted by atomic mass is 16.3. The zero-order valence-corrected chi connectivity index (χ0v) is 30.0. The van der Waals surface area contributed by atoms with Gasteiger partial charge in [0.1, 0.15) is 22.3 Å². The van der Waals surface area contributed by atoms with Crippen LogP contribution in [0.4, 0.5) is 0 Å². The smallest absolute Gasteiger partial charge is 0.144 e. The highest BCUT2D eigenvalue weighted by Crippen LogP contribution is 2.44. The van der Waals surface area contributed by atoms with E-state index in [0.717, 1.165) is 60.2 Å². The van der Waals surface area contributed by atoms with Crippen LogP contribution in [0.25, 0.3) is 109 Å². The first kappa shape index (κ1) is 30.7. The predicted octanol–water partition coefficient (Wildman–Crippen LogP) is 15.3. The molecule has 0 atom stereocenters. The number of hydrogen-bond acceptors (Lipinski definition) is 2. The summed E-state index contributed by atoms with van der Waals surface area (Å²) in [6.07, 6.45) is 4.52. The van der Waals surface area contributed by atoms with Crippen molar-refractivity contribution in [1.82, 2.24) is 0 Å². The quantitative estimate of drug-likeness (QED) is 0.136. The molecule has 0 spiro atoms. The van der Waals surface area contributed by atoms with E-state index in [1.165, 1.54) is 60.2 Å². The van der Waals surface area contributed by atoms with E-state index in [2.05, 4.69) is 172 Å². The molecule has 0 unspecified atom stereocenters. The van der Waals surface area contributed by atoms with E-state index < -0.39 is 0 Å². The maximum absolute atomic E-state index is 6.55. The Labute approximate surface area is 311 Å². The number of allylic oxidation sites excluding steroid dienone is 4. The minimum Gasteiger partial charge on any atom is -0.456 e. The Morgan fingerprint density at radius 1 is 0.407 bits per heavy atom.